The number of hydrogen-bond acceptors (Lipinski definition) is 3. The topological polar surface area (TPSA) is 109 Å². The van der Waals surface area contributed by atoms with Crippen LogP contribution >= 0.6 is 0 Å². The minimum Gasteiger partial charge on any atom is -0.481 e. The van der Waals surface area contributed by atoms with Gasteiger partial charge in [0.2, 0.25) is 11.8 Å². The van der Waals surface area contributed by atoms with E-state index >= 15 is 0 Å². The lowest BCUT2D eigenvalue weighted by atomic mass is 10.1. The monoisotopic (exact) mass is 290 g/mol. The highest BCUT2D eigenvalue weighted by molar-refractivity contribution is 5.99. The summed E-state index contributed by atoms with van der Waals surface area (Å²) in [6.07, 6.45) is 0.0936. The van der Waals surface area contributed by atoms with E-state index in [-0.39, 0.29) is 12.3 Å². The standard InChI is InChI=1S/C15H18N2O4/c1-15(2)11(12(15)14(20)21)13(19)17-9-5-3-4-8(6-9)7-10(16)18/h3-6,11-12H,7H2,1-2H3,(H2,16,18)(H,17,19)(H,20,21)/t11-,12+/m0/s1. The van der Waals surface area contributed by atoms with Crippen molar-refractivity contribution in [1.82, 2.24) is 0 Å². The Bertz CT molecular complexity index is 609. The number of carbonyl (C=O) groups excluding carboxylic acids is 2. The molecule has 0 saturated heterocycles. The van der Waals surface area contributed by atoms with Gasteiger partial charge in [-0.25, -0.2) is 0 Å². The molecule has 0 aliphatic heterocycles. The smallest absolute Gasteiger partial charge is 0.307 e. The number of carboxylic acid groups (broad SMARTS) is 1. The molecular formula is C15H18N2O4. The number of rotatable bonds is 5. The maximum Gasteiger partial charge on any atom is 0.307 e. The largest absolute Gasteiger partial charge is 0.481 e. The van der Waals surface area contributed by atoms with E-state index in [9.17, 15) is 14.4 Å². The van der Waals surface area contributed by atoms with E-state index in [1.807, 2.05) is 0 Å². The summed E-state index contributed by atoms with van der Waals surface area (Å²) in [5.74, 6) is -2.93. The van der Waals surface area contributed by atoms with Gasteiger partial charge in [0.25, 0.3) is 0 Å². The van der Waals surface area contributed by atoms with E-state index in [1.54, 1.807) is 38.1 Å². The van der Waals surface area contributed by atoms with Crippen molar-refractivity contribution in [3.05, 3.63) is 29.8 Å². The van der Waals surface area contributed by atoms with E-state index in [1.165, 1.54) is 0 Å². The van der Waals surface area contributed by atoms with Gasteiger partial charge in [-0.3, -0.25) is 14.4 Å². The molecule has 0 heterocycles. The maximum absolute atomic E-state index is 12.2. The Kier molecular flexibility index (Phi) is 3.72. The molecule has 1 aliphatic rings. The number of nitrogens with one attached hydrogen (secondary N) is 1. The van der Waals surface area contributed by atoms with Gasteiger partial charge in [-0.1, -0.05) is 26.0 Å². The molecule has 0 aromatic heterocycles. The lowest BCUT2D eigenvalue weighted by Gasteiger charge is -2.07. The van der Waals surface area contributed by atoms with Gasteiger partial charge in [0.15, 0.2) is 0 Å². The average molecular weight is 290 g/mol. The first-order valence-corrected chi connectivity index (χ1v) is 6.64. The summed E-state index contributed by atoms with van der Waals surface area (Å²) in [5, 5.41) is 11.8. The maximum atomic E-state index is 12.2. The minimum absolute atomic E-state index is 0.0936. The fourth-order valence-corrected chi connectivity index (χ4v) is 2.77. The molecule has 112 valence electrons. The molecule has 1 aromatic rings. The predicted octanol–water partition coefficient (Wildman–Crippen LogP) is 1.01. The number of hydrogen-bond donors (Lipinski definition) is 3. The SMILES string of the molecule is CC1(C)[C@H](C(=O)Nc2cccc(CC(N)=O)c2)[C@@H]1C(=O)O. The van der Waals surface area contributed by atoms with Crippen molar-refractivity contribution < 1.29 is 19.5 Å². The van der Waals surface area contributed by atoms with Crippen LogP contribution in [-0.4, -0.2) is 22.9 Å². The molecule has 1 fully saturated rings. The van der Waals surface area contributed by atoms with Crippen molar-refractivity contribution in [2.75, 3.05) is 5.32 Å². The first-order chi connectivity index (χ1) is 9.73. The Morgan fingerprint density at radius 1 is 1.29 bits per heavy atom. The average Bonchev–Trinajstić information content (AvgIpc) is 2.92. The number of carboxylic acids is 1. The molecule has 2 rings (SSSR count). The van der Waals surface area contributed by atoms with Crippen LogP contribution in [0.2, 0.25) is 0 Å². The minimum atomic E-state index is -0.956. The molecule has 1 aliphatic carbocycles. The van der Waals surface area contributed by atoms with Gasteiger partial charge in [-0.05, 0) is 23.1 Å². The third kappa shape index (κ3) is 3.04. The first kappa shape index (κ1) is 15.0. The summed E-state index contributed by atoms with van der Waals surface area (Å²) in [7, 11) is 0. The summed E-state index contributed by atoms with van der Waals surface area (Å²) in [6, 6.07) is 6.80. The van der Waals surface area contributed by atoms with Crippen molar-refractivity contribution in [3.63, 3.8) is 0 Å². The molecular weight excluding hydrogens is 272 g/mol. The third-order valence-corrected chi connectivity index (χ3v) is 3.95. The highest BCUT2D eigenvalue weighted by Crippen LogP contribution is 2.58. The molecule has 6 nitrogen and oxygen atoms in total. The molecule has 1 aromatic carbocycles. The number of nitrogens with two attached hydrogens (primary N) is 1. The van der Waals surface area contributed by atoms with Crippen molar-refractivity contribution in [2.45, 2.75) is 20.3 Å². The summed E-state index contributed by atoms with van der Waals surface area (Å²) in [6.45, 7) is 3.53. The van der Waals surface area contributed by atoms with Crippen LogP contribution in [0.15, 0.2) is 24.3 Å². The lowest BCUT2D eigenvalue weighted by molar-refractivity contribution is -0.140. The quantitative estimate of drug-likeness (QED) is 0.751. The van der Waals surface area contributed by atoms with Gasteiger partial charge in [-0.2, -0.15) is 0 Å². The van der Waals surface area contributed by atoms with E-state index in [4.69, 9.17) is 10.8 Å². The zero-order valence-corrected chi connectivity index (χ0v) is 11.9. The summed E-state index contributed by atoms with van der Waals surface area (Å²) < 4.78 is 0. The lowest BCUT2D eigenvalue weighted by Crippen LogP contribution is -2.18. The number of carbonyl (C=O) groups is 3. The molecule has 2 atom stereocenters. The Labute approximate surface area is 122 Å². The molecule has 4 N–H and O–H groups in total. The van der Waals surface area contributed by atoms with Crippen molar-refractivity contribution in [2.24, 2.45) is 23.0 Å². The number of anilines is 1. The molecule has 21 heavy (non-hydrogen) atoms. The third-order valence-electron chi connectivity index (χ3n) is 3.95. The van der Waals surface area contributed by atoms with E-state index in [0.717, 1.165) is 0 Å². The van der Waals surface area contributed by atoms with Crippen molar-refractivity contribution in [1.29, 1.82) is 0 Å². The van der Waals surface area contributed by atoms with Gasteiger partial charge >= 0.3 is 5.97 Å². The fourth-order valence-electron chi connectivity index (χ4n) is 2.77. The van der Waals surface area contributed by atoms with Gasteiger partial charge in [0.1, 0.15) is 0 Å². The van der Waals surface area contributed by atoms with Crippen LogP contribution in [0.3, 0.4) is 0 Å². The molecule has 0 radical (unpaired) electrons. The zero-order chi connectivity index (χ0) is 15.8. The second kappa shape index (κ2) is 5.20. The molecule has 6 heteroatoms. The zero-order valence-electron chi connectivity index (χ0n) is 11.9. The number of amides is 2. The van der Waals surface area contributed by atoms with Crippen LogP contribution in [0, 0.1) is 17.3 Å². The van der Waals surface area contributed by atoms with Crippen LogP contribution in [0.4, 0.5) is 5.69 Å². The van der Waals surface area contributed by atoms with Crippen LogP contribution < -0.4 is 11.1 Å². The van der Waals surface area contributed by atoms with Crippen molar-refractivity contribution in [3.8, 4) is 0 Å². The second-order valence-corrected chi connectivity index (χ2v) is 5.95. The summed E-state index contributed by atoms with van der Waals surface area (Å²) in [5.41, 5.74) is 5.82. The highest BCUT2D eigenvalue weighted by atomic mass is 16.4. The first-order valence-electron chi connectivity index (χ1n) is 6.64. The number of primary amides is 1. The molecule has 2 amide bonds. The molecule has 0 unspecified atom stereocenters. The van der Waals surface area contributed by atoms with Crippen LogP contribution in [0.25, 0.3) is 0 Å². The van der Waals surface area contributed by atoms with Gasteiger partial charge in [-0.15, -0.1) is 0 Å². The molecule has 1 saturated carbocycles. The molecule has 0 spiro atoms. The fraction of sp³-hybridized carbons (Fsp3) is 0.400. The van der Waals surface area contributed by atoms with E-state index < -0.39 is 29.1 Å². The predicted molar refractivity (Wildman–Crippen MR) is 76.4 cm³/mol. The number of aliphatic carboxylic acids is 1. The summed E-state index contributed by atoms with van der Waals surface area (Å²) >= 11 is 0. The Hall–Kier alpha value is -2.37. The summed E-state index contributed by atoms with van der Waals surface area (Å²) in [4.78, 5) is 34.2. The number of benzene rings is 1. The Balaban J connectivity index is 2.07. The Morgan fingerprint density at radius 2 is 1.95 bits per heavy atom. The van der Waals surface area contributed by atoms with E-state index in [0.29, 0.717) is 11.3 Å². The second-order valence-electron chi connectivity index (χ2n) is 5.95. The van der Waals surface area contributed by atoms with Crippen LogP contribution in [0.5, 0.6) is 0 Å². The normalized spacial score (nSPS) is 22.4. The van der Waals surface area contributed by atoms with Gasteiger partial charge < -0.3 is 16.2 Å². The van der Waals surface area contributed by atoms with Crippen molar-refractivity contribution >= 4 is 23.5 Å². The van der Waals surface area contributed by atoms with Gasteiger partial charge in [0.05, 0.1) is 18.3 Å². The van der Waals surface area contributed by atoms with Gasteiger partial charge in [0, 0.05) is 5.69 Å². The van der Waals surface area contributed by atoms with Crippen LogP contribution in [-0.2, 0) is 20.8 Å². The highest BCUT2D eigenvalue weighted by Gasteiger charge is 2.65. The van der Waals surface area contributed by atoms with Crippen LogP contribution in [0.1, 0.15) is 19.4 Å². The van der Waals surface area contributed by atoms with E-state index in [2.05, 4.69) is 5.32 Å². The molecule has 0 bridgehead atoms. The Morgan fingerprint density at radius 3 is 2.48 bits per heavy atom.